The monoisotopic (exact) mass is 303 g/mol. The maximum atomic E-state index is 13.9. The molecule has 1 aliphatic rings. The van der Waals surface area contributed by atoms with Crippen LogP contribution < -0.4 is 5.32 Å². The molecule has 1 aliphatic heterocycles. The van der Waals surface area contributed by atoms with Gasteiger partial charge in [-0.3, -0.25) is 10.1 Å². The topological polar surface area (TPSA) is 92.6 Å². The van der Waals surface area contributed by atoms with Crippen molar-refractivity contribution in [3.05, 3.63) is 34.1 Å². The quantitative estimate of drug-likeness (QED) is 0.656. The van der Waals surface area contributed by atoms with Gasteiger partial charge in [0.25, 0.3) is 15.7 Å². The van der Waals surface area contributed by atoms with Crippen molar-refractivity contribution in [2.75, 3.05) is 19.6 Å². The number of nitrogens with one attached hydrogen (secondary N) is 1. The molecule has 0 amide bonds. The van der Waals surface area contributed by atoms with Crippen molar-refractivity contribution in [3.63, 3.8) is 0 Å². The number of sulfonamides is 1. The highest BCUT2D eigenvalue weighted by atomic mass is 32.2. The van der Waals surface area contributed by atoms with Crippen LogP contribution in [0.2, 0.25) is 0 Å². The maximum absolute atomic E-state index is 13.9. The van der Waals surface area contributed by atoms with Crippen LogP contribution in [0.3, 0.4) is 0 Å². The van der Waals surface area contributed by atoms with Crippen LogP contribution in [-0.4, -0.2) is 43.3 Å². The van der Waals surface area contributed by atoms with Crippen LogP contribution in [0.25, 0.3) is 0 Å². The van der Waals surface area contributed by atoms with Gasteiger partial charge in [0, 0.05) is 31.7 Å². The minimum Gasteiger partial charge on any atom is -0.314 e. The van der Waals surface area contributed by atoms with Crippen molar-refractivity contribution in [1.82, 2.24) is 9.62 Å². The molecule has 1 N–H and O–H groups in total. The van der Waals surface area contributed by atoms with Gasteiger partial charge in [-0.2, -0.15) is 4.31 Å². The number of piperazine rings is 1. The molecule has 110 valence electrons. The Morgan fingerprint density at radius 1 is 1.50 bits per heavy atom. The van der Waals surface area contributed by atoms with E-state index >= 15 is 0 Å². The van der Waals surface area contributed by atoms with E-state index < -0.39 is 37.4 Å². The predicted molar refractivity (Wildman–Crippen MR) is 69.3 cm³/mol. The average Bonchev–Trinajstić information content (AvgIpc) is 2.38. The third kappa shape index (κ3) is 2.51. The molecule has 9 heteroatoms. The summed E-state index contributed by atoms with van der Waals surface area (Å²) < 4.78 is 39.9. The number of halogens is 1. The molecule has 2 rings (SSSR count). The molecule has 0 spiro atoms. The predicted octanol–water partition coefficient (Wildman–Crippen LogP) is 0.716. The van der Waals surface area contributed by atoms with E-state index in [1.54, 1.807) is 6.92 Å². The van der Waals surface area contributed by atoms with E-state index in [9.17, 15) is 22.9 Å². The number of nitrogens with zero attached hydrogens (tertiary/aromatic N) is 2. The number of hydrogen-bond donors (Lipinski definition) is 1. The Morgan fingerprint density at radius 2 is 2.20 bits per heavy atom. The molecule has 0 saturated carbocycles. The summed E-state index contributed by atoms with van der Waals surface area (Å²) in [4.78, 5) is 9.18. The van der Waals surface area contributed by atoms with Crippen molar-refractivity contribution < 1.29 is 17.7 Å². The highest BCUT2D eigenvalue weighted by molar-refractivity contribution is 7.89. The minimum absolute atomic E-state index is 0.148. The van der Waals surface area contributed by atoms with E-state index in [0.29, 0.717) is 13.1 Å². The maximum Gasteiger partial charge on any atom is 0.292 e. The molecule has 1 unspecified atom stereocenters. The number of nitro benzene ring substituents is 1. The lowest BCUT2D eigenvalue weighted by Crippen LogP contribution is -2.52. The van der Waals surface area contributed by atoms with E-state index in [-0.39, 0.29) is 6.54 Å². The second-order valence-electron chi connectivity index (χ2n) is 4.51. The fourth-order valence-electron chi connectivity index (χ4n) is 2.19. The van der Waals surface area contributed by atoms with Gasteiger partial charge >= 0.3 is 0 Å². The second kappa shape index (κ2) is 5.43. The molecule has 0 bridgehead atoms. The third-order valence-electron chi connectivity index (χ3n) is 3.15. The zero-order valence-corrected chi connectivity index (χ0v) is 11.6. The Hall–Kier alpha value is -1.58. The lowest BCUT2D eigenvalue weighted by atomic mass is 10.3. The molecular weight excluding hydrogens is 289 g/mol. The number of benzene rings is 1. The van der Waals surface area contributed by atoms with Gasteiger partial charge in [0.05, 0.1) is 4.92 Å². The summed E-state index contributed by atoms with van der Waals surface area (Å²) in [6, 6.07) is 2.62. The first-order valence-electron chi connectivity index (χ1n) is 6.01. The van der Waals surface area contributed by atoms with E-state index in [4.69, 9.17) is 0 Å². The van der Waals surface area contributed by atoms with Crippen molar-refractivity contribution in [3.8, 4) is 0 Å². The summed E-state index contributed by atoms with van der Waals surface area (Å²) >= 11 is 0. The van der Waals surface area contributed by atoms with E-state index in [2.05, 4.69) is 5.32 Å². The van der Waals surface area contributed by atoms with Crippen LogP contribution in [0.15, 0.2) is 23.1 Å². The molecule has 1 fully saturated rings. The third-order valence-corrected chi connectivity index (χ3v) is 5.23. The second-order valence-corrected chi connectivity index (χ2v) is 6.34. The molecule has 0 aliphatic carbocycles. The molecule has 1 atom stereocenters. The van der Waals surface area contributed by atoms with Crippen LogP contribution in [0, 0.1) is 15.9 Å². The average molecular weight is 303 g/mol. The minimum atomic E-state index is -4.24. The van der Waals surface area contributed by atoms with Crippen LogP contribution in [0.4, 0.5) is 10.1 Å². The normalized spacial score (nSPS) is 20.8. The summed E-state index contributed by atoms with van der Waals surface area (Å²) in [5.74, 6) is -1.11. The first kappa shape index (κ1) is 14.8. The number of nitro groups is 1. The smallest absolute Gasteiger partial charge is 0.292 e. The van der Waals surface area contributed by atoms with Gasteiger partial charge in [-0.15, -0.1) is 0 Å². The Bertz CT molecular complexity index is 635. The van der Waals surface area contributed by atoms with Gasteiger partial charge in [-0.05, 0) is 13.0 Å². The number of hydrogen-bond acceptors (Lipinski definition) is 5. The van der Waals surface area contributed by atoms with Crippen LogP contribution >= 0.6 is 0 Å². The van der Waals surface area contributed by atoms with Crippen molar-refractivity contribution in [1.29, 1.82) is 0 Å². The van der Waals surface area contributed by atoms with Gasteiger partial charge in [0.1, 0.15) is 5.82 Å². The lowest BCUT2D eigenvalue weighted by Gasteiger charge is -2.32. The molecule has 20 heavy (non-hydrogen) atoms. The van der Waals surface area contributed by atoms with Crippen molar-refractivity contribution >= 4 is 15.7 Å². The first-order valence-corrected chi connectivity index (χ1v) is 7.45. The molecule has 0 aromatic heterocycles. The molecular formula is C11H14FN3O4S. The Labute approximate surface area is 115 Å². The SMILES string of the molecule is CC1CNCCN1S(=O)(=O)c1c(F)cccc1[N+](=O)[O-]. The Morgan fingerprint density at radius 3 is 2.80 bits per heavy atom. The standard InChI is InChI=1S/C11H14FN3O4S/c1-8-7-13-5-6-14(8)20(18,19)11-9(12)3-2-4-10(11)15(16)17/h2-4,8,13H,5-7H2,1H3. The van der Waals surface area contributed by atoms with Crippen LogP contribution in [0.1, 0.15) is 6.92 Å². The van der Waals surface area contributed by atoms with E-state index in [0.717, 1.165) is 22.5 Å². The highest BCUT2D eigenvalue weighted by Gasteiger charge is 2.38. The van der Waals surface area contributed by atoms with Crippen LogP contribution in [0.5, 0.6) is 0 Å². The summed E-state index contributed by atoms with van der Waals surface area (Å²) in [7, 11) is -4.24. The van der Waals surface area contributed by atoms with Gasteiger partial charge in [-0.1, -0.05) is 6.07 Å². The molecule has 1 aromatic carbocycles. The molecule has 1 heterocycles. The molecule has 1 aromatic rings. The van der Waals surface area contributed by atoms with Crippen molar-refractivity contribution in [2.45, 2.75) is 17.9 Å². The summed E-state index contributed by atoms with van der Waals surface area (Å²) in [5.41, 5.74) is -0.740. The summed E-state index contributed by atoms with van der Waals surface area (Å²) in [6.07, 6.45) is 0. The van der Waals surface area contributed by atoms with Crippen LogP contribution in [-0.2, 0) is 10.0 Å². The molecule has 0 radical (unpaired) electrons. The first-order chi connectivity index (χ1) is 9.35. The lowest BCUT2D eigenvalue weighted by molar-refractivity contribution is -0.388. The van der Waals surface area contributed by atoms with E-state index in [1.807, 2.05) is 0 Å². The van der Waals surface area contributed by atoms with Gasteiger partial charge < -0.3 is 5.32 Å². The summed E-state index contributed by atoms with van der Waals surface area (Å²) in [6.45, 7) is 2.65. The van der Waals surface area contributed by atoms with Gasteiger partial charge in [0.15, 0.2) is 4.90 Å². The van der Waals surface area contributed by atoms with Crippen molar-refractivity contribution in [2.24, 2.45) is 0 Å². The number of rotatable bonds is 3. The fraction of sp³-hybridized carbons (Fsp3) is 0.455. The highest BCUT2D eigenvalue weighted by Crippen LogP contribution is 2.30. The Kier molecular flexibility index (Phi) is 4.02. The van der Waals surface area contributed by atoms with Gasteiger partial charge in [-0.25, -0.2) is 12.8 Å². The zero-order valence-electron chi connectivity index (χ0n) is 10.7. The fourth-order valence-corrected chi connectivity index (χ4v) is 4.03. The molecule has 7 nitrogen and oxygen atoms in total. The summed E-state index contributed by atoms with van der Waals surface area (Å²) in [5, 5.41) is 13.9. The largest absolute Gasteiger partial charge is 0.314 e. The molecule has 1 saturated heterocycles. The Balaban J connectivity index is 2.57. The zero-order chi connectivity index (χ0) is 14.9. The van der Waals surface area contributed by atoms with E-state index in [1.165, 1.54) is 0 Å². The van der Waals surface area contributed by atoms with Gasteiger partial charge in [0.2, 0.25) is 0 Å².